The first-order valence-electron chi connectivity index (χ1n) is 10.1. The smallest absolute Gasteiger partial charge is 0.323 e. The molecule has 1 fully saturated rings. The molecule has 3 aromatic rings. The van der Waals surface area contributed by atoms with Crippen molar-refractivity contribution in [3.8, 4) is 5.75 Å². The molecule has 1 saturated heterocycles. The van der Waals surface area contributed by atoms with E-state index < -0.39 is 35.9 Å². The number of fused-ring (bicyclic) bond motifs is 1. The van der Waals surface area contributed by atoms with Gasteiger partial charge in [0.1, 0.15) is 16.9 Å². The summed E-state index contributed by atoms with van der Waals surface area (Å²) in [6.45, 7) is 0. The lowest BCUT2D eigenvalue weighted by atomic mass is 9.80. The van der Waals surface area contributed by atoms with Crippen LogP contribution in [0.2, 0.25) is 5.15 Å². The molecule has 0 spiro atoms. The van der Waals surface area contributed by atoms with E-state index in [1.54, 1.807) is 13.2 Å². The molecule has 0 unspecified atom stereocenters. The molecule has 1 aliphatic rings. The highest BCUT2D eigenvalue weighted by Crippen LogP contribution is 2.46. The second kappa shape index (κ2) is 9.14. The van der Waals surface area contributed by atoms with Gasteiger partial charge in [0, 0.05) is 23.4 Å². The highest BCUT2D eigenvalue weighted by Gasteiger charge is 2.52. The number of halogens is 1. The number of ether oxygens (including phenoxy) is 3. The van der Waals surface area contributed by atoms with Gasteiger partial charge in [-0.1, -0.05) is 41.9 Å². The van der Waals surface area contributed by atoms with Gasteiger partial charge in [-0.2, -0.15) is 0 Å². The number of aromatic nitrogens is 1. The maximum atomic E-state index is 13.0. The van der Waals surface area contributed by atoms with E-state index in [1.165, 1.54) is 14.2 Å². The van der Waals surface area contributed by atoms with Crippen LogP contribution in [0, 0.1) is 5.92 Å². The lowest BCUT2D eigenvalue weighted by Crippen LogP contribution is -2.37. The summed E-state index contributed by atoms with van der Waals surface area (Å²) in [5.41, 5.74) is 2.07. The molecule has 0 saturated carbocycles. The fraction of sp³-hybridized carbons (Fsp3) is 0.292. The summed E-state index contributed by atoms with van der Waals surface area (Å²) in [5.74, 6) is -1.66. The lowest BCUT2D eigenvalue weighted by Gasteiger charge is -2.24. The quantitative estimate of drug-likeness (QED) is 0.465. The first kappa shape index (κ1) is 22.0. The first-order valence-corrected chi connectivity index (χ1v) is 10.5. The number of esters is 2. The van der Waals surface area contributed by atoms with E-state index >= 15 is 0 Å². The van der Waals surface area contributed by atoms with Gasteiger partial charge in [0.25, 0.3) is 0 Å². The first-order chi connectivity index (χ1) is 15.5. The highest BCUT2D eigenvalue weighted by molar-refractivity contribution is 6.30. The molecular weight excluding hydrogens is 432 g/mol. The van der Waals surface area contributed by atoms with Gasteiger partial charge in [-0.05, 0) is 29.3 Å². The maximum absolute atomic E-state index is 13.0. The zero-order valence-corrected chi connectivity index (χ0v) is 18.6. The van der Waals surface area contributed by atoms with Crippen molar-refractivity contribution in [1.29, 1.82) is 0 Å². The maximum Gasteiger partial charge on any atom is 0.323 e. The molecule has 8 heteroatoms. The Hall–Kier alpha value is -3.16. The standard InChI is InChI=1S/C24H23ClN2O5/c1-30-15-10-9-14-11-16(22(25)26-17(14)12-15)18-19(23(28)31-2)20(13-7-5-4-6-8-13)27-21(18)24(29)32-3/h4-12,18-21,27H,1-3H3/t18-,19-,20-,21-/m1/s1. The summed E-state index contributed by atoms with van der Waals surface area (Å²) in [6.07, 6.45) is 0. The monoisotopic (exact) mass is 454 g/mol. The number of hydrogen-bond acceptors (Lipinski definition) is 7. The number of pyridine rings is 1. The molecule has 2 heterocycles. The Labute approximate surface area is 190 Å². The summed E-state index contributed by atoms with van der Waals surface area (Å²) in [4.78, 5) is 30.3. The Kier molecular flexibility index (Phi) is 6.30. The Morgan fingerprint density at radius 3 is 2.34 bits per heavy atom. The topological polar surface area (TPSA) is 86.8 Å². The van der Waals surface area contributed by atoms with E-state index in [1.807, 2.05) is 48.5 Å². The van der Waals surface area contributed by atoms with E-state index in [4.69, 9.17) is 25.8 Å². The Bertz CT molecular complexity index is 1150. The third-order valence-electron chi connectivity index (χ3n) is 5.92. The molecule has 32 heavy (non-hydrogen) atoms. The van der Waals surface area contributed by atoms with Gasteiger partial charge in [0.15, 0.2) is 0 Å². The number of rotatable bonds is 5. The van der Waals surface area contributed by atoms with E-state index in [0.717, 1.165) is 10.9 Å². The van der Waals surface area contributed by atoms with Crippen molar-refractivity contribution in [1.82, 2.24) is 10.3 Å². The molecule has 1 aliphatic heterocycles. The summed E-state index contributed by atoms with van der Waals surface area (Å²) in [5, 5.41) is 4.29. The molecule has 0 radical (unpaired) electrons. The van der Waals surface area contributed by atoms with Gasteiger partial charge < -0.3 is 14.2 Å². The van der Waals surface area contributed by atoms with Crippen LogP contribution in [0.4, 0.5) is 0 Å². The van der Waals surface area contributed by atoms with Crippen molar-refractivity contribution >= 4 is 34.4 Å². The molecule has 2 aromatic carbocycles. The minimum Gasteiger partial charge on any atom is -0.497 e. The van der Waals surface area contributed by atoms with Crippen LogP contribution in [0.1, 0.15) is 23.1 Å². The second-order valence-electron chi connectivity index (χ2n) is 7.56. The second-order valence-corrected chi connectivity index (χ2v) is 7.92. The van der Waals surface area contributed by atoms with Gasteiger partial charge in [-0.15, -0.1) is 0 Å². The van der Waals surface area contributed by atoms with Crippen LogP contribution in [-0.2, 0) is 19.1 Å². The van der Waals surface area contributed by atoms with Crippen molar-refractivity contribution in [2.45, 2.75) is 18.0 Å². The minimum atomic E-state index is -0.815. The lowest BCUT2D eigenvalue weighted by molar-refractivity contribution is -0.146. The zero-order valence-electron chi connectivity index (χ0n) is 17.9. The van der Waals surface area contributed by atoms with E-state index in [-0.39, 0.29) is 5.15 Å². The summed E-state index contributed by atoms with van der Waals surface area (Å²) in [6, 6.07) is 15.5. The Morgan fingerprint density at radius 1 is 0.969 bits per heavy atom. The van der Waals surface area contributed by atoms with Crippen molar-refractivity contribution in [3.05, 3.63) is 70.9 Å². The SMILES string of the molecule is COC(=O)[C@@H]1[C@@H](c2cc3ccc(OC)cc3nc2Cl)[C@H](C(=O)OC)N[C@@H]1c1ccccc1. The molecule has 166 valence electrons. The number of methoxy groups -OCH3 is 3. The number of nitrogens with one attached hydrogen (secondary N) is 1. The van der Waals surface area contributed by atoms with Gasteiger partial charge in [0.05, 0.1) is 32.8 Å². The van der Waals surface area contributed by atoms with Crippen molar-refractivity contribution in [3.63, 3.8) is 0 Å². The van der Waals surface area contributed by atoms with Gasteiger partial charge >= 0.3 is 11.9 Å². The molecule has 0 amide bonds. The third kappa shape index (κ3) is 3.89. The minimum absolute atomic E-state index is 0.203. The average molecular weight is 455 g/mol. The van der Waals surface area contributed by atoms with Gasteiger partial charge in [-0.25, -0.2) is 4.98 Å². The van der Waals surface area contributed by atoms with Crippen LogP contribution in [0.25, 0.3) is 10.9 Å². The normalized spacial score (nSPS) is 22.5. The Balaban J connectivity index is 1.88. The van der Waals surface area contributed by atoms with Crippen molar-refractivity contribution in [2.75, 3.05) is 21.3 Å². The van der Waals surface area contributed by atoms with Crippen LogP contribution in [-0.4, -0.2) is 44.3 Å². The summed E-state index contributed by atoms with van der Waals surface area (Å²) in [7, 11) is 4.23. The number of benzene rings is 2. The number of carbonyl (C=O) groups is 2. The van der Waals surface area contributed by atoms with Crippen molar-refractivity contribution in [2.24, 2.45) is 5.92 Å². The van der Waals surface area contributed by atoms with E-state index in [2.05, 4.69) is 10.3 Å². The molecule has 1 aromatic heterocycles. The zero-order chi connectivity index (χ0) is 22.8. The Morgan fingerprint density at radius 2 is 1.69 bits per heavy atom. The number of hydrogen-bond donors (Lipinski definition) is 1. The highest BCUT2D eigenvalue weighted by atomic mass is 35.5. The molecule has 4 atom stereocenters. The summed E-state index contributed by atoms with van der Waals surface area (Å²) >= 11 is 6.61. The van der Waals surface area contributed by atoms with Crippen LogP contribution in [0.15, 0.2) is 54.6 Å². The molecule has 0 bridgehead atoms. The third-order valence-corrected chi connectivity index (χ3v) is 6.22. The predicted molar refractivity (Wildman–Crippen MR) is 120 cm³/mol. The largest absolute Gasteiger partial charge is 0.497 e. The fourth-order valence-corrected chi connectivity index (χ4v) is 4.68. The van der Waals surface area contributed by atoms with Crippen LogP contribution in [0.3, 0.4) is 0 Å². The van der Waals surface area contributed by atoms with Crippen LogP contribution in [0.5, 0.6) is 5.75 Å². The summed E-state index contributed by atoms with van der Waals surface area (Å²) < 4.78 is 15.5. The van der Waals surface area contributed by atoms with Gasteiger partial charge in [0.2, 0.25) is 0 Å². The van der Waals surface area contributed by atoms with E-state index in [0.29, 0.717) is 16.8 Å². The van der Waals surface area contributed by atoms with Gasteiger partial charge in [-0.3, -0.25) is 14.9 Å². The molecule has 7 nitrogen and oxygen atoms in total. The predicted octanol–water partition coefficient (Wildman–Crippen LogP) is 3.66. The van der Waals surface area contributed by atoms with Crippen LogP contribution >= 0.6 is 11.6 Å². The average Bonchev–Trinajstić information content (AvgIpc) is 3.23. The van der Waals surface area contributed by atoms with E-state index in [9.17, 15) is 9.59 Å². The molecule has 4 rings (SSSR count). The molecule has 0 aliphatic carbocycles. The number of carbonyl (C=O) groups excluding carboxylic acids is 2. The fourth-order valence-electron chi connectivity index (χ4n) is 4.41. The number of nitrogens with zero attached hydrogens (tertiary/aromatic N) is 1. The molecular formula is C24H23ClN2O5. The molecule has 1 N–H and O–H groups in total. The van der Waals surface area contributed by atoms with Crippen molar-refractivity contribution < 1.29 is 23.8 Å². The van der Waals surface area contributed by atoms with Crippen LogP contribution < -0.4 is 10.1 Å².